The number of aromatic nitrogens is 1. The van der Waals surface area contributed by atoms with Gasteiger partial charge in [0.25, 0.3) is 0 Å². The number of unbranched alkanes of at least 4 members (excludes halogenated alkanes) is 1. The fourth-order valence-electron chi connectivity index (χ4n) is 2.24. The van der Waals surface area contributed by atoms with Gasteiger partial charge in [0.1, 0.15) is 5.76 Å². The second-order valence-corrected chi connectivity index (χ2v) is 4.97. The zero-order valence-electron chi connectivity index (χ0n) is 12.8. The second-order valence-electron chi connectivity index (χ2n) is 4.97. The molecule has 1 aromatic rings. The van der Waals surface area contributed by atoms with Gasteiger partial charge in [0.2, 0.25) is 0 Å². The lowest BCUT2D eigenvalue weighted by molar-refractivity contribution is 0.173. The SMILES string of the molecule is CCCCN(CCO)C(=O)NC(C)c1c(C)noc1C. The van der Waals surface area contributed by atoms with E-state index in [-0.39, 0.29) is 18.7 Å². The van der Waals surface area contributed by atoms with Gasteiger partial charge in [-0.15, -0.1) is 0 Å². The minimum absolute atomic E-state index is 0.0309. The third-order valence-corrected chi connectivity index (χ3v) is 3.30. The molecule has 0 bridgehead atoms. The molecule has 1 atom stereocenters. The number of carbonyl (C=O) groups excluding carboxylic acids is 1. The molecule has 0 saturated heterocycles. The predicted molar refractivity (Wildman–Crippen MR) is 76.5 cm³/mol. The highest BCUT2D eigenvalue weighted by Crippen LogP contribution is 2.21. The summed E-state index contributed by atoms with van der Waals surface area (Å²) in [5, 5.41) is 15.9. The fourth-order valence-corrected chi connectivity index (χ4v) is 2.24. The molecular weight excluding hydrogens is 258 g/mol. The van der Waals surface area contributed by atoms with Crippen LogP contribution in [0, 0.1) is 13.8 Å². The molecule has 20 heavy (non-hydrogen) atoms. The van der Waals surface area contributed by atoms with E-state index in [1.165, 1.54) is 0 Å². The van der Waals surface area contributed by atoms with Crippen molar-refractivity contribution in [3.63, 3.8) is 0 Å². The largest absolute Gasteiger partial charge is 0.395 e. The van der Waals surface area contributed by atoms with E-state index in [9.17, 15) is 4.79 Å². The van der Waals surface area contributed by atoms with Gasteiger partial charge < -0.3 is 19.8 Å². The van der Waals surface area contributed by atoms with E-state index in [0.29, 0.717) is 13.1 Å². The first-order chi connectivity index (χ1) is 9.51. The Morgan fingerprint density at radius 1 is 1.45 bits per heavy atom. The van der Waals surface area contributed by atoms with E-state index in [2.05, 4.69) is 17.4 Å². The van der Waals surface area contributed by atoms with Gasteiger partial charge in [0, 0.05) is 18.7 Å². The van der Waals surface area contributed by atoms with E-state index in [0.717, 1.165) is 29.9 Å². The molecule has 0 saturated carbocycles. The maximum Gasteiger partial charge on any atom is 0.317 e. The van der Waals surface area contributed by atoms with Crippen LogP contribution in [0.4, 0.5) is 4.79 Å². The fraction of sp³-hybridized carbons (Fsp3) is 0.714. The summed E-state index contributed by atoms with van der Waals surface area (Å²) in [6.45, 7) is 8.63. The number of aryl methyl sites for hydroxylation is 2. The van der Waals surface area contributed by atoms with E-state index in [1.807, 2.05) is 20.8 Å². The van der Waals surface area contributed by atoms with Crippen molar-refractivity contribution in [2.24, 2.45) is 0 Å². The number of urea groups is 1. The van der Waals surface area contributed by atoms with Crippen LogP contribution in [0.5, 0.6) is 0 Å². The van der Waals surface area contributed by atoms with Crippen molar-refractivity contribution in [2.45, 2.75) is 46.6 Å². The molecular formula is C14H25N3O3. The van der Waals surface area contributed by atoms with Gasteiger partial charge >= 0.3 is 6.03 Å². The van der Waals surface area contributed by atoms with Crippen LogP contribution < -0.4 is 5.32 Å². The topological polar surface area (TPSA) is 78.6 Å². The second kappa shape index (κ2) is 7.89. The van der Waals surface area contributed by atoms with Gasteiger partial charge in [0.15, 0.2) is 0 Å². The van der Waals surface area contributed by atoms with E-state index in [4.69, 9.17) is 9.63 Å². The standard InChI is InChI=1S/C14H25N3O3/c1-5-6-7-17(8-9-18)14(19)15-10(2)13-11(3)16-20-12(13)4/h10,18H,5-9H2,1-4H3,(H,15,19). The maximum atomic E-state index is 12.2. The van der Waals surface area contributed by atoms with Crippen LogP contribution in [-0.4, -0.2) is 40.9 Å². The predicted octanol–water partition coefficient (Wildman–Crippen LogP) is 2.16. The number of hydrogen-bond donors (Lipinski definition) is 2. The molecule has 1 heterocycles. The monoisotopic (exact) mass is 283 g/mol. The molecule has 114 valence electrons. The van der Waals surface area contributed by atoms with Gasteiger partial charge in [-0.3, -0.25) is 0 Å². The number of amides is 2. The molecule has 6 nitrogen and oxygen atoms in total. The Balaban J connectivity index is 2.67. The number of aliphatic hydroxyl groups is 1. The number of carbonyl (C=O) groups is 1. The lowest BCUT2D eigenvalue weighted by Gasteiger charge is -2.24. The Labute approximate surface area is 120 Å². The summed E-state index contributed by atoms with van der Waals surface area (Å²) in [6.07, 6.45) is 1.93. The molecule has 1 unspecified atom stereocenters. The highest BCUT2D eigenvalue weighted by molar-refractivity contribution is 5.74. The van der Waals surface area contributed by atoms with Crippen LogP contribution >= 0.6 is 0 Å². The highest BCUT2D eigenvalue weighted by Gasteiger charge is 2.20. The van der Waals surface area contributed by atoms with E-state index < -0.39 is 0 Å². The maximum absolute atomic E-state index is 12.2. The van der Waals surface area contributed by atoms with Crippen molar-refractivity contribution in [1.29, 1.82) is 0 Å². The molecule has 0 fully saturated rings. The van der Waals surface area contributed by atoms with Gasteiger partial charge in [-0.25, -0.2) is 4.79 Å². The van der Waals surface area contributed by atoms with Crippen LogP contribution in [0.3, 0.4) is 0 Å². The normalized spacial score (nSPS) is 12.2. The van der Waals surface area contributed by atoms with E-state index >= 15 is 0 Å². The quantitative estimate of drug-likeness (QED) is 0.803. The summed E-state index contributed by atoms with van der Waals surface area (Å²) in [7, 11) is 0. The summed E-state index contributed by atoms with van der Waals surface area (Å²) in [4.78, 5) is 13.9. The molecule has 0 aliphatic carbocycles. The van der Waals surface area contributed by atoms with Crippen molar-refractivity contribution < 1.29 is 14.4 Å². The van der Waals surface area contributed by atoms with Crippen molar-refractivity contribution in [2.75, 3.05) is 19.7 Å². The average Bonchev–Trinajstić information content (AvgIpc) is 2.73. The Kier molecular flexibility index (Phi) is 6.51. The molecule has 0 aliphatic heterocycles. The van der Waals surface area contributed by atoms with Crippen LogP contribution in [-0.2, 0) is 0 Å². The summed E-state index contributed by atoms with van der Waals surface area (Å²) in [5.41, 5.74) is 1.70. The van der Waals surface area contributed by atoms with Crippen LogP contribution in [0.25, 0.3) is 0 Å². The van der Waals surface area contributed by atoms with Crippen molar-refractivity contribution in [3.05, 3.63) is 17.0 Å². The summed E-state index contributed by atoms with van der Waals surface area (Å²) in [6, 6.07) is -0.337. The smallest absolute Gasteiger partial charge is 0.317 e. The molecule has 6 heteroatoms. The molecule has 2 N–H and O–H groups in total. The Morgan fingerprint density at radius 2 is 2.15 bits per heavy atom. The van der Waals surface area contributed by atoms with Crippen molar-refractivity contribution in [1.82, 2.24) is 15.4 Å². The van der Waals surface area contributed by atoms with Crippen LogP contribution in [0.15, 0.2) is 4.52 Å². The average molecular weight is 283 g/mol. The molecule has 0 aliphatic rings. The molecule has 1 aromatic heterocycles. The summed E-state index contributed by atoms with van der Waals surface area (Å²) in [5.74, 6) is 0.720. The van der Waals surface area contributed by atoms with Gasteiger partial charge in [0.05, 0.1) is 18.3 Å². The number of rotatable bonds is 7. The number of nitrogens with zero attached hydrogens (tertiary/aromatic N) is 2. The zero-order valence-corrected chi connectivity index (χ0v) is 12.8. The Morgan fingerprint density at radius 3 is 2.65 bits per heavy atom. The van der Waals surface area contributed by atoms with Crippen LogP contribution in [0.2, 0.25) is 0 Å². The summed E-state index contributed by atoms with van der Waals surface area (Å²) < 4.78 is 5.12. The van der Waals surface area contributed by atoms with Crippen LogP contribution in [0.1, 0.15) is 49.7 Å². The van der Waals surface area contributed by atoms with Gasteiger partial charge in [-0.05, 0) is 27.2 Å². The minimum atomic E-state index is -0.170. The van der Waals surface area contributed by atoms with Crippen molar-refractivity contribution in [3.8, 4) is 0 Å². The number of nitrogens with one attached hydrogen (secondary N) is 1. The summed E-state index contributed by atoms with van der Waals surface area (Å²) >= 11 is 0. The molecule has 0 spiro atoms. The number of hydrogen-bond acceptors (Lipinski definition) is 4. The molecule has 2 amide bonds. The minimum Gasteiger partial charge on any atom is -0.395 e. The third kappa shape index (κ3) is 4.23. The lowest BCUT2D eigenvalue weighted by atomic mass is 10.1. The zero-order chi connectivity index (χ0) is 15.1. The Hall–Kier alpha value is -1.56. The first-order valence-electron chi connectivity index (χ1n) is 7.10. The van der Waals surface area contributed by atoms with Gasteiger partial charge in [-0.1, -0.05) is 18.5 Å². The molecule has 0 radical (unpaired) electrons. The first kappa shape index (κ1) is 16.5. The highest BCUT2D eigenvalue weighted by atomic mass is 16.5. The number of aliphatic hydroxyl groups excluding tert-OH is 1. The van der Waals surface area contributed by atoms with Gasteiger partial charge in [-0.2, -0.15) is 0 Å². The molecule has 0 aromatic carbocycles. The first-order valence-corrected chi connectivity index (χ1v) is 7.10. The lowest BCUT2D eigenvalue weighted by Crippen LogP contribution is -2.43. The third-order valence-electron chi connectivity index (χ3n) is 3.30. The Bertz CT molecular complexity index is 412. The van der Waals surface area contributed by atoms with Crippen molar-refractivity contribution >= 4 is 6.03 Å². The molecule has 1 rings (SSSR count). The van der Waals surface area contributed by atoms with E-state index in [1.54, 1.807) is 4.90 Å².